The molecule has 4 rings (SSSR count). The van der Waals surface area contributed by atoms with Crippen LogP contribution in [0.4, 0.5) is 0 Å². The van der Waals surface area contributed by atoms with Crippen molar-refractivity contribution in [2.24, 2.45) is 0 Å². The maximum absolute atomic E-state index is 11.7. The quantitative estimate of drug-likeness (QED) is 0.161. The van der Waals surface area contributed by atoms with Gasteiger partial charge in [0, 0.05) is 29.3 Å². The second kappa shape index (κ2) is 13.0. The van der Waals surface area contributed by atoms with Crippen LogP contribution in [0.5, 0.6) is 0 Å². The molecule has 4 heterocycles. The van der Waals surface area contributed by atoms with Crippen LogP contribution in [0.1, 0.15) is 86.0 Å². The van der Waals surface area contributed by atoms with Gasteiger partial charge in [-0.3, -0.25) is 0 Å². The lowest BCUT2D eigenvalue weighted by Crippen LogP contribution is -1.90. The molecule has 0 unspecified atom stereocenters. The molecule has 0 spiro atoms. The van der Waals surface area contributed by atoms with E-state index in [1.165, 1.54) is 98.2 Å². The summed E-state index contributed by atoms with van der Waals surface area (Å²) in [5, 5.41) is 11.8. The van der Waals surface area contributed by atoms with Crippen LogP contribution < -0.4 is 0 Å². The zero-order chi connectivity index (χ0) is 24.6. The molecular formula is C29H34O2S4. The Kier molecular flexibility index (Phi) is 9.78. The summed E-state index contributed by atoms with van der Waals surface area (Å²) < 4.78 is 0. The molecule has 186 valence electrons. The summed E-state index contributed by atoms with van der Waals surface area (Å²) in [4.78, 5) is 19.8. The van der Waals surface area contributed by atoms with Crippen LogP contribution in [0, 0.1) is 0 Å². The molecule has 1 N–H and O–H groups in total. The summed E-state index contributed by atoms with van der Waals surface area (Å²) in [6.45, 7) is 4.48. The Labute approximate surface area is 225 Å². The number of aromatic carboxylic acids is 1. The number of hydrogen-bond acceptors (Lipinski definition) is 5. The molecule has 4 aromatic rings. The average Bonchev–Trinajstić information content (AvgIpc) is 3.65. The van der Waals surface area contributed by atoms with E-state index in [1.807, 2.05) is 28.7 Å². The molecule has 6 heteroatoms. The van der Waals surface area contributed by atoms with E-state index in [0.717, 1.165) is 17.7 Å². The number of carbonyl (C=O) groups is 1. The molecule has 0 aliphatic carbocycles. The van der Waals surface area contributed by atoms with Gasteiger partial charge in [-0.1, -0.05) is 52.4 Å². The fourth-order valence-electron chi connectivity index (χ4n) is 4.35. The van der Waals surface area contributed by atoms with Crippen LogP contribution in [0.2, 0.25) is 0 Å². The van der Waals surface area contributed by atoms with E-state index in [9.17, 15) is 9.90 Å². The Hall–Kier alpha value is -1.73. The molecule has 0 aliphatic heterocycles. The van der Waals surface area contributed by atoms with Crippen LogP contribution in [-0.2, 0) is 12.8 Å². The molecule has 0 aliphatic rings. The molecule has 0 saturated heterocycles. The molecule has 4 aromatic heterocycles. The topological polar surface area (TPSA) is 37.3 Å². The normalized spacial score (nSPS) is 11.4. The van der Waals surface area contributed by atoms with E-state index in [2.05, 4.69) is 49.6 Å². The monoisotopic (exact) mass is 542 g/mol. The number of rotatable bonds is 14. The van der Waals surface area contributed by atoms with Crippen LogP contribution in [0.25, 0.3) is 29.3 Å². The van der Waals surface area contributed by atoms with Gasteiger partial charge in [0.15, 0.2) is 0 Å². The lowest BCUT2D eigenvalue weighted by molar-refractivity contribution is 0.0702. The zero-order valence-electron chi connectivity index (χ0n) is 20.6. The first-order chi connectivity index (χ1) is 17.1. The first-order valence-corrected chi connectivity index (χ1v) is 16.1. The van der Waals surface area contributed by atoms with Gasteiger partial charge in [0.25, 0.3) is 0 Å². The maximum Gasteiger partial charge on any atom is 0.345 e. The van der Waals surface area contributed by atoms with Crippen LogP contribution >= 0.6 is 45.3 Å². The van der Waals surface area contributed by atoms with E-state index >= 15 is 0 Å². The van der Waals surface area contributed by atoms with Gasteiger partial charge in [-0.2, -0.15) is 0 Å². The van der Waals surface area contributed by atoms with Crippen molar-refractivity contribution in [1.29, 1.82) is 0 Å². The summed E-state index contributed by atoms with van der Waals surface area (Å²) >= 11 is 6.94. The van der Waals surface area contributed by atoms with Crippen molar-refractivity contribution < 1.29 is 9.90 Å². The summed E-state index contributed by atoms with van der Waals surface area (Å²) in [6.07, 6.45) is 12.1. The lowest BCUT2D eigenvalue weighted by Gasteiger charge is -2.02. The number of unbranched alkanes of at least 4 members (excludes halogenated alkanes) is 6. The second-order valence-electron chi connectivity index (χ2n) is 8.99. The molecule has 0 bridgehead atoms. The first kappa shape index (κ1) is 26.3. The zero-order valence-corrected chi connectivity index (χ0v) is 23.9. The summed E-state index contributed by atoms with van der Waals surface area (Å²) in [7, 11) is 0. The third-order valence-electron chi connectivity index (χ3n) is 6.27. The Bertz CT molecular complexity index is 1220. The van der Waals surface area contributed by atoms with Gasteiger partial charge < -0.3 is 5.11 Å². The summed E-state index contributed by atoms with van der Waals surface area (Å²) in [6, 6.07) is 13.1. The third kappa shape index (κ3) is 6.73. The fourth-order valence-corrected chi connectivity index (χ4v) is 8.76. The van der Waals surface area contributed by atoms with Crippen molar-refractivity contribution in [2.45, 2.75) is 78.1 Å². The van der Waals surface area contributed by atoms with Gasteiger partial charge in [-0.15, -0.1) is 45.3 Å². The van der Waals surface area contributed by atoms with E-state index in [0.29, 0.717) is 4.88 Å². The molecular weight excluding hydrogens is 509 g/mol. The molecule has 0 amide bonds. The minimum atomic E-state index is -0.822. The van der Waals surface area contributed by atoms with Crippen molar-refractivity contribution >= 4 is 51.3 Å². The van der Waals surface area contributed by atoms with Crippen molar-refractivity contribution in [3.05, 3.63) is 57.8 Å². The van der Waals surface area contributed by atoms with E-state index in [1.54, 1.807) is 11.3 Å². The number of carboxylic acids is 1. The highest BCUT2D eigenvalue weighted by molar-refractivity contribution is 7.28. The first-order valence-electron chi connectivity index (χ1n) is 12.7. The predicted octanol–water partition coefficient (Wildman–Crippen LogP) is 10.9. The Balaban J connectivity index is 1.52. The Morgan fingerprint density at radius 2 is 1.26 bits per heavy atom. The van der Waals surface area contributed by atoms with Crippen LogP contribution in [0.3, 0.4) is 0 Å². The highest BCUT2D eigenvalue weighted by atomic mass is 32.1. The summed E-state index contributed by atoms with van der Waals surface area (Å²) in [5.74, 6) is -0.822. The Morgan fingerprint density at radius 1 is 0.686 bits per heavy atom. The molecule has 0 atom stereocenters. The Morgan fingerprint density at radius 3 is 1.86 bits per heavy atom. The van der Waals surface area contributed by atoms with Crippen molar-refractivity contribution in [1.82, 2.24) is 0 Å². The van der Waals surface area contributed by atoms with E-state index in [4.69, 9.17) is 0 Å². The van der Waals surface area contributed by atoms with Crippen LogP contribution in [-0.4, -0.2) is 11.1 Å². The standard InChI is InChI=1S/C29H34O2S4/c1-3-5-7-9-11-20-17-18-32-27(20)24-15-13-22(33-24)23-14-16-25(34-23)28-21(12-10-8-6-4-2)19-26(35-28)29(30)31/h13-19H,3-12H2,1-2H3,(H,30,31). The minimum absolute atomic E-state index is 0.447. The van der Waals surface area contributed by atoms with Gasteiger partial charge in [-0.25, -0.2) is 4.79 Å². The lowest BCUT2D eigenvalue weighted by atomic mass is 10.1. The molecule has 0 saturated carbocycles. The predicted molar refractivity (Wildman–Crippen MR) is 157 cm³/mol. The fraction of sp³-hybridized carbons (Fsp3) is 0.414. The number of thiophene rings is 4. The highest BCUT2D eigenvalue weighted by Crippen LogP contribution is 2.44. The van der Waals surface area contributed by atoms with Crippen molar-refractivity contribution in [3.8, 4) is 29.3 Å². The van der Waals surface area contributed by atoms with Crippen molar-refractivity contribution in [3.63, 3.8) is 0 Å². The number of carboxylic acid groups (broad SMARTS) is 1. The average molecular weight is 543 g/mol. The minimum Gasteiger partial charge on any atom is -0.477 e. The van der Waals surface area contributed by atoms with Gasteiger partial charge in [0.2, 0.25) is 0 Å². The number of aryl methyl sites for hydroxylation is 2. The second-order valence-corrected chi connectivity index (χ2v) is 13.1. The van der Waals surface area contributed by atoms with E-state index in [-0.39, 0.29) is 0 Å². The maximum atomic E-state index is 11.7. The molecule has 35 heavy (non-hydrogen) atoms. The van der Waals surface area contributed by atoms with Gasteiger partial charge in [0.1, 0.15) is 4.88 Å². The van der Waals surface area contributed by atoms with Gasteiger partial charge >= 0.3 is 5.97 Å². The SMILES string of the molecule is CCCCCCc1ccsc1-c1ccc(-c2ccc(-c3sc(C(=O)O)cc3CCCCCC)s2)s1. The highest BCUT2D eigenvalue weighted by Gasteiger charge is 2.18. The summed E-state index contributed by atoms with van der Waals surface area (Å²) in [5.41, 5.74) is 2.67. The third-order valence-corrected chi connectivity index (χ3v) is 11.1. The van der Waals surface area contributed by atoms with Crippen LogP contribution in [0.15, 0.2) is 41.8 Å². The smallest absolute Gasteiger partial charge is 0.345 e. The van der Waals surface area contributed by atoms with Gasteiger partial charge in [-0.05, 0) is 78.6 Å². The van der Waals surface area contributed by atoms with Gasteiger partial charge in [0.05, 0.1) is 0 Å². The largest absolute Gasteiger partial charge is 0.477 e. The van der Waals surface area contributed by atoms with Crippen molar-refractivity contribution in [2.75, 3.05) is 0 Å². The molecule has 0 aromatic carbocycles. The number of hydrogen-bond donors (Lipinski definition) is 1. The van der Waals surface area contributed by atoms with E-state index < -0.39 is 5.97 Å². The molecule has 0 fully saturated rings. The molecule has 2 nitrogen and oxygen atoms in total. The molecule has 0 radical (unpaired) electrons.